The molecule has 0 saturated carbocycles. The zero-order chi connectivity index (χ0) is 9.14. The molecule has 1 rings (SSSR count). The molecule has 1 heterocycles. The van der Waals surface area contributed by atoms with Crippen molar-refractivity contribution in [1.29, 1.82) is 0 Å². The molecule has 0 aromatic carbocycles. The van der Waals surface area contributed by atoms with Gasteiger partial charge in [-0.05, 0) is 12.8 Å². The molecule has 1 N–H and O–H groups in total. The molecule has 0 saturated heterocycles. The first-order chi connectivity index (χ1) is 5.63. The van der Waals surface area contributed by atoms with Crippen LogP contribution in [-0.2, 0) is 0 Å². The molecule has 0 aliphatic heterocycles. The van der Waals surface area contributed by atoms with Gasteiger partial charge in [-0.25, -0.2) is 4.98 Å². The Labute approximate surface area is 73.8 Å². The van der Waals surface area contributed by atoms with Crippen molar-refractivity contribution in [2.24, 2.45) is 5.92 Å². The number of H-pyrrole nitrogens is 1. The Hall–Kier alpha value is -0.990. The maximum atomic E-state index is 4.19. The maximum absolute atomic E-state index is 4.19. The first kappa shape index (κ1) is 9.10. The molecule has 12 heavy (non-hydrogen) atoms. The van der Waals surface area contributed by atoms with Crippen LogP contribution in [0.2, 0.25) is 0 Å². The van der Waals surface area contributed by atoms with E-state index < -0.39 is 0 Å². The van der Waals surface area contributed by atoms with Gasteiger partial charge in [0, 0.05) is 25.5 Å². The summed E-state index contributed by atoms with van der Waals surface area (Å²) in [6.45, 7) is 6.63. The maximum Gasteiger partial charge on any atom is 0.202 e. The monoisotopic (exact) mass is 167 g/mol. The van der Waals surface area contributed by atoms with Gasteiger partial charge in [-0.2, -0.15) is 0 Å². The van der Waals surface area contributed by atoms with E-state index in [2.05, 4.69) is 42.7 Å². The van der Waals surface area contributed by atoms with Crippen molar-refractivity contribution < 1.29 is 0 Å². The Morgan fingerprint density at radius 1 is 1.42 bits per heavy atom. The smallest absolute Gasteiger partial charge is 0.202 e. The molecular formula is C9H17N3. The third-order valence-corrected chi connectivity index (χ3v) is 2.39. The molecule has 0 fully saturated rings. The highest BCUT2D eigenvalue weighted by Crippen LogP contribution is 2.13. The Morgan fingerprint density at radius 2 is 2.08 bits per heavy atom. The number of anilines is 1. The van der Waals surface area contributed by atoms with E-state index in [1.165, 1.54) is 0 Å². The fraction of sp³-hybridized carbons (Fsp3) is 0.667. The predicted octanol–water partition coefficient (Wildman–Crippen LogP) is 1.89. The van der Waals surface area contributed by atoms with E-state index in [0.717, 1.165) is 5.95 Å². The lowest BCUT2D eigenvalue weighted by Crippen LogP contribution is -2.33. The van der Waals surface area contributed by atoms with Gasteiger partial charge in [0.25, 0.3) is 0 Å². The van der Waals surface area contributed by atoms with Gasteiger partial charge in [0.2, 0.25) is 5.95 Å². The highest BCUT2D eigenvalue weighted by molar-refractivity contribution is 5.28. The normalized spacial score (nSPS) is 13.4. The van der Waals surface area contributed by atoms with Crippen LogP contribution in [0.4, 0.5) is 5.95 Å². The topological polar surface area (TPSA) is 31.9 Å². The van der Waals surface area contributed by atoms with Crippen molar-refractivity contribution >= 4 is 5.95 Å². The van der Waals surface area contributed by atoms with Crippen LogP contribution in [0.25, 0.3) is 0 Å². The SMILES string of the molecule is CC(C)C(C)N(C)c1ncc[nH]1. The minimum atomic E-state index is 0.510. The molecule has 3 nitrogen and oxygen atoms in total. The summed E-state index contributed by atoms with van der Waals surface area (Å²) in [7, 11) is 2.06. The molecule has 68 valence electrons. The molecule has 1 aromatic rings. The quantitative estimate of drug-likeness (QED) is 0.745. The van der Waals surface area contributed by atoms with Gasteiger partial charge in [0.15, 0.2) is 0 Å². The molecule has 3 heteroatoms. The number of rotatable bonds is 3. The first-order valence-electron chi connectivity index (χ1n) is 4.35. The van der Waals surface area contributed by atoms with Gasteiger partial charge in [-0.3, -0.25) is 0 Å². The lowest BCUT2D eigenvalue weighted by atomic mass is 10.1. The number of imidazole rings is 1. The number of aromatic amines is 1. The average Bonchev–Trinajstić information content (AvgIpc) is 2.53. The summed E-state index contributed by atoms with van der Waals surface area (Å²) >= 11 is 0. The van der Waals surface area contributed by atoms with Gasteiger partial charge in [-0.1, -0.05) is 13.8 Å². The molecule has 1 unspecified atom stereocenters. The average molecular weight is 167 g/mol. The van der Waals surface area contributed by atoms with Crippen LogP contribution in [0.1, 0.15) is 20.8 Å². The Balaban J connectivity index is 2.65. The second kappa shape index (κ2) is 3.61. The van der Waals surface area contributed by atoms with Gasteiger partial charge < -0.3 is 9.88 Å². The zero-order valence-electron chi connectivity index (χ0n) is 8.20. The lowest BCUT2D eigenvalue weighted by molar-refractivity contribution is 0.500. The van der Waals surface area contributed by atoms with Crippen molar-refractivity contribution in [2.75, 3.05) is 11.9 Å². The highest BCUT2D eigenvalue weighted by atomic mass is 15.3. The molecule has 0 aliphatic carbocycles. The van der Waals surface area contributed by atoms with Crippen molar-refractivity contribution in [1.82, 2.24) is 9.97 Å². The number of nitrogens with zero attached hydrogens (tertiary/aromatic N) is 2. The van der Waals surface area contributed by atoms with E-state index in [0.29, 0.717) is 12.0 Å². The van der Waals surface area contributed by atoms with Crippen molar-refractivity contribution in [3.8, 4) is 0 Å². The van der Waals surface area contributed by atoms with E-state index >= 15 is 0 Å². The Kier molecular flexibility index (Phi) is 2.74. The van der Waals surface area contributed by atoms with Crippen LogP contribution in [-0.4, -0.2) is 23.1 Å². The Bertz CT molecular complexity index is 216. The largest absolute Gasteiger partial charge is 0.343 e. The van der Waals surface area contributed by atoms with Gasteiger partial charge >= 0.3 is 0 Å². The van der Waals surface area contributed by atoms with E-state index in [4.69, 9.17) is 0 Å². The van der Waals surface area contributed by atoms with Gasteiger partial charge in [0.05, 0.1) is 0 Å². The molecule has 0 bridgehead atoms. The van der Waals surface area contributed by atoms with Crippen LogP contribution in [0.15, 0.2) is 12.4 Å². The summed E-state index contributed by atoms with van der Waals surface area (Å²) < 4.78 is 0. The first-order valence-corrected chi connectivity index (χ1v) is 4.35. The number of aromatic nitrogens is 2. The number of hydrogen-bond donors (Lipinski definition) is 1. The zero-order valence-corrected chi connectivity index (χ0v) is 8.20. The van der Waals surface area contributed by atoms with Crippen molar-refractivity contribution in [3.63, 3.8) is 0 Å². The van der Waals surface area contributed by atoms with Gasteiger partial charge in [0.1, 0.15) is 0 Å². The summed E-state index contributed by atoms with van der Waals surface area (Å²) in [6, 6.07) is 0.510. The summed E-state index contributed by atoms with van der Waals surface area (Å²) in [6.07, 6.45) is 3.62. The second-order valence-corrected chi connectivity index (χ2v) is 3.51. The summed E-state index contributed by atoms with van der Waals surface area (Å²) in [5.74, 6) is 1.58. The van der Waals surface area contributed by atoms with Crippen LogP contribution in [0.3, 0.4) is 0 Å². The van der Waals surface area contributed by atoms with Crippen molar-refractivity contribution in [3.05, 3.63) is 12.4 Å². The number of nitrogens with one attached hydrogen (secondary N) is 1. The standard InChI is InChI=1S/C9H17N3/c1-7(2)8(3)12(4)9-10-5-6-11-9/h5-8H,1-4H3,(H,10,11). The third-order valence-electron chi connectivity index (χ3n) is 2.39. The molecule has 1 atom stereocenters. The molecular weight excluding hydrogens is 150 g/mol. The van der Waals surface area contributed by atoms with Crippen LogP contribution in [0.5, 0.6) is 0 Å². The highest BCUT2D eigenvalue weighted by Gasteiger charge is 2.14. The Morgan fingerprint density at radius 3 is 2.50 bits per heavy atom. The molecule has 0 radical (unpaired) electrons. The van der Waals surface area contributed by atoms with E-state index in [1.54, 1.807) is 6.20 Å². The summed E-state index contributed by atoms with van der Waals surface area (Å²) in [4.78, 5) is 9.43. The van der Waals surface area contributed by atoms with Crippen LogP contribution < -0.4 is 4.90 Å². The molecule has 0 spiro atoms. The second-order valence-electron chi connectivity index (χ2n) is 3.51. The molecule has 1 aromatic heterocycles. The number of hydrogen-bond acceptors (Lipinski definition) is 2. The van der Waals surface area contributed by atoms with E-state index in [1.807, 2.05) is 6.20 Å². The van der Waals surface area contributed by atoms with Gasteiger partial charge in [-0.15, -0.1) is 0 Å². The lowest BCUT2D eigenvalue weighted by Gasteiger charge is -2.27. The van der Waals surface area contributed by atoms with Crippen LogP contribution in [0, 0.1) is 5.92 Å². The fourth-order valence-electron chi connectivity index (χ4n) is 1.09. The minimum Gasteiger partial charge on any atom is -0.343 e. The fourth-order valence-corrected chi connectivity index (χ4v) is 1.09. The third kappa shape index (κ3) is 1.78. The van der Waals surface area contributed by atoms with E-state index in [-0.39, 0.29) is 0 Å². The van der Waals surface area contributed by atoms with Crippen molar-refractivity contribution in [2.45, 2.75) is 26.8 Å². The summed E-state index contributed by atoms with van der Waals surface area (Å²) in [5.41, 5.74) is 0. The summed E-state index contributed by atoms with van der Waals surface area (Å²) in [5, 5.41) is 0. The predicted molar refractivity (Wildman–Crippen MR) is 51.3 cm³/mol. The minimum absolute atomic E-state index is 0.510. The molecule has 0 amide bonds. The van der Waals surface area contributed by atoms with E-state index in [9.17, 15) is 0 Å². The van der Waals surface area contributed by atoms with Crippen LogP contribution >= 0.6 is 0 Å². The molecule has 0 aliphatic rings.